The number of halogens is 2. The van der Waals surface area contributed by atoms with Crippen molar-refractivity contribution in [3.63, 3.8) is 0 Å². The average Bonchev–Trinajstić information content (AvgIpc) is 3.19. The van der Waals surface area contributed by atoms with Crippen LogP contribution in [0.15, 0.2) is 64.5 Å². The summed E-state index contributed by atoms with van der Waals surface area (Å²) in [5.41, 5.74) is 3.35. The zero-order valence-corrected chi connectivity index (χ0v) is 22.9. The fourth-order valence-corrected chi connectivity index (χ4v) is 5.11. The zero-order valence-electron chi connectivity index (χ0n) is 19.2. The summed E-state index contributed by atoms with van der Waals surface area (Å²) >= 11 is 9.58. The Morgan fingerprint density at radius 2 is 1.97 bits per heavy atom. The summed E-state index contributed by atoms with van der Waals surface area (Å²) in [4.78, 5) is 28.6. The summed E-state index contributed by atoms with van der Waals surface area (Å²) in [7, 11) is 1.55. The first kappa shape index (κ1) is 26.1. The first-order valence-corrected chi connectivity index (χ1v) is 12.9. The van der Waals surface area contributed by atoms with Crippen molar-refractivity contribution >= 4 is 74.8 Å². The summed E-state index contributed by atoms with van der Waals surface area (Å²) < 4.78 is 12.3. The third kappa shape index (κ3) is 6.03. The number of rotatable bonds is 7. The number of nitrogens with zero attached hydrogens (tertiary/aromatic N) is 1. The summed E-state index contributed by atoms with van der Waals surface area (Å²) in [6.07, 6.45) is 1.77. The largest absolute Gasteiger partial charge is 0.493 e. The molecule has 7 nitrogen and oxygen atoms in total. The number of hydrogen-bond acceptors (Lipinski definition) is 6. The van der Waals surface area contributed by atoms with Gasteiger partial charge in [0.25, 0.3) is 5.91 Å². The van der Waals surface area contributed by atoms with Gasteiger partial charge in [0.05, 0.1) is 26.8 Å². The van der Waals surface area contributed by atoms with Gasteiger partial charge < -0.3 is 19.9 Å². The van der Waals surface area contributed by atoms with E-state index in [1.54, 1.807) is 37.5 Å². The molecule has 1 fully saturated rings. The number of hydrogen-bond donors (Lipinski definition) is 2. The van der Waals surface area contributed by atoms with Crippen molar-refractivity contribution in [3.8, 4) is 11.5 Å². The van der Waals surface area contributed by atoms with Gasteiger partial charge >= 0.3 is 5.97 Å². The highest BCUT2D eigenvalue weighted by molar-refractivity contribution is 14.1. The summed E-state index contributed by atoms with van der Waals surface area (Å²) in [5, 5.41) is 12.9. The van der Waals surface area contributed by atoms with Crippen molar-refractivity contribution in [2.75, 3.05) is 7.11 Å². The van der Waals surface area contributed by atoms with Crippen molar-refractivity contribution in [3.05, 3.63) is 90.3 Å². The molecule has 10 heteroatoms. The van der Waals surface area contributed by atoms with Gasteiger partial charge in [0.15, 0.2) is 16.7 Å². The predicted molar refractivity (Wildman–Crippen MR) is 150 cm³/mol. The molecule has 1 amide bonds. The van der Waals surface area contributed by atoms with Crippen LogP contribution < -0.4 is 14.8 Å². The second kappa shape index (κ2) is 11.4. The molecule has 0 unspecified atom stereocenters. The molecule has 1 heterocycles. The highest BCUT2D eigenvalue weighted by Crippen LogP contribution is 2.37. The van der Waals surface area contributed by atoms with Gasteiger partial charge in [0.2, 0.25) is 0 Å². The number of aliphatic imine (C=N–C) groups is 1. The van der Waals surface area contributed by atoms with Gasteiger partial charge in [-0.3, -0.25) is 4.79 Å². The van der Waals surface area contributed by atoms with Crippen molar-refractivity contribution in [2.24, 2.45) is 4.99 Å². The molecule has 0 atom stereocenters. The zero-order chi connectivity index (χ0) is 25.8. The van der Waals surface area contributed by atoms with Gasteiger partial charge in [-0.2, -0.15) is 0 Å². The standard InChI is InChI=1S/C26H20ClIN2O5S/c1-14-18(27)4-3-5-20(14)29-26-30-24(31)22(36-26)12-16-10-19(28)23(21(11-16)34-2)35-13-15-6-8-17(9-7-15)25(32)33/h3-12H,13H2,1-2H3,(H,32,33)(H,29,30,31)/b22-12+. The molecule has 0 radical (unpaired) electrons. The second-order valence-corrected chi connectivity index (χ2v) is 10.3. The number of carboxylic acids is 1. The Morgan fingerprint density at radius 3 is 2.67 bits per heavy atom. The van der Waals surface area contributed by atoms with Crippen LogP contribution >= 0.6 is 46.0 Å². The Hall–Kier alpha value is -3.02. The van der Waals surface area contributed by atoms with Gasteiger partial charge in [-0.1, -0.05) is 29.8 Å². The molecule has 0 spiro atoms. The molecule has 1 saturated heterocycles. The number of amides is 1. The molecule has 2 N–H and O–H groups in total. The molecule has 1 aliphatic rings. The first-order chi connectivity index (χ1) is 17.2. The van der Waals surface area contributed by atoms with Crippen molar-refractivity contribution in [1.29, 1.82) is 0 Å². The number of thioether (sulfide) groups is 1. The predicted octanol–water partition coefficient (Wildman–Crippen LogP) is 6.43. The van der Waals surface area contributed by atoms with Crippen molar-refractivity contribution < 1.29 is 24.2 Å². The number of methoxy groups -OCH3 is 1. The van der Waals surface area contributed by atoms with Crippen molar-refractivity contribution in [2.45, 2.75) is 13.5 Å². The maximum Gasteiger partial charge on any atom is 0.335 e. The van der Waals surface area contributed by atoms with Crippen LogP contribution in [-0.2, 0) is 11.4 Å². The number of ether oxygens (including phenoxy) is 2. The lowest BCUT2D eigenvalue weighted by atomic mass is 10.1. The molecule has 0 aromatic heterocycles. The Kier molecular flexibility index (Phi) is 8.22. The lowest BCUT2D eigenvalue weighted by Gasteiger charge is -2.14. The smallest absolute Gasteiger partial charge is 0.335 e. The summed E-state index contributed by atoms with van der Waals surface area (Å²) in [5.74, 6) is -0.138. The number of nitrogens with one attached hydrogen (secondary N) is 1. The number of benzene rings is 3. The van der Waals surface area contributed by atoms with Gasteiger partial charge in [0, 0.05) is 5.02 Å². The SMILES string of the molecule is COc1cc(/C=C2/SC(=Nc3cccc(Cl)c3C)NC2=O)cc(I)c1OCc1ccc(C(=O)O)cc1. The van der Waals surface area contributed by atoms with Gasteiger partial charge in [-0.25, -0.2) is 9.79 Å². The van der Waals surface area contributed by atoms with E-state index in [2.05, 4.69) is 32.9 Å². The lowest BCUT2D eigenvalue weighted by molar-refractivity contribution is -0.115. The minimum atomic E-state index is -0.976. The molecule has 4 rings (SSSR count). The van der Waals surface area contributed by atoms with Crippen LogP contribution in [0.2, 0.25) is 5.02 Å². The second-order valence-electron chi connectivity index (χ2n) is 7.69. The minimum absolute atomic E-state index is 0.216. The Labute approximate surface area is 230 Å². The normalized spacial score (nSPS) is 15.3. The first-order valence-electron chi connectivity index (χ1n) is 10.6. The average molecular weight is 635 g/mol. The summed E-state index contributed by atoms with van der Waals surface area (Å²) in [6, 6.07) is 15.6. The van der Waals surface area contributed by atoms with Crippen LogP contribution in [0.3, 0.4) is 0 Å². The number of carbonyl (C=O) groups is 2. The Bertz CT molecular complexity index is 1410. The van der Waals surface area contributed by atoms with Crippen LogP contribution in [0.25, 0.3) is 6.08 Å². The van der Waals surface area contributed by atoms with Crippen LogP contribution in [-0.4, -0.2) is 29.3 Å². The maximum atomic E-state index is 12.6. The van der Waals surface area contributed by atoms with E-state index < -0.39 is 5.97 Å². The monoisotopic (exact) mass is 634 g/mol. The van der Waals surface area contributed by atoms with Crippen LogP contribution in [0.4, 0.5) is 5.69 Å². The van der Waals surface area contributed by atoms with Gasteiger partial charge in [-0.05, 0) is 100 Å². The van der Waals surface area contributed by atoms with Gasteiger partial charge in [-0.15, -0.1) is 0 Å². The number of carboxylic acid groups (broad SMARTS) is 1. The molecular weight excluding hydrogens is 615 g/mol. The van der Waals surface area contributed by atoms with Crippen LogP contribution in [0.5, 0.6) is 11.5 Å². The minimum Gasteiger partial charge on any atom is -0.493 e. The van der Waals surface area contributed by atoms with Crippen LogP contribution in [0, 0.1) is 10.5 Å². The molecule has 3 aromatic carbocycles. The molecule has 1 aliphatic heterocycles. The van der Waals surface area contributed by atoms with E-state index in [0.717, 1.165) is 20.3 Å². The lowest BCUT2D eigenvalue weighted by Crippen LogP contribution is -2.19. The molecular formula is C26H20ClIN2O5S. The van der Waals surface area contributed by atoms with E-state index in [9.17, 15) is 9.59 Å². The fourth-order valence-electron chi connectivity index (χ4n) is 3.32. The van der Waals surface area contributed by atoms with E-state index in [1.165, 1.54) is 23.9 Å². The molecule has 184 valence electrons. The fraction of sp³-hybridized carbons (Fsp3) is 0.115. The number of aromatic carboxylic acids is 1. The van der Waals surface area contributed by atoms with Crippen LogP contribution in [0.1, 0.15) is 27.0 Å². The highest BCUT2D eigenvalue weighted by Gasteiger charge is 2.24. The molecule has 0 saturated carbocycles. The van der Waals surface area contributed by atoms with E-state index in [4.69, 9.17) is 26.2 Å². The van der Waals surface area contributed by atoms with Crippen molar-refractivity contribution in [1.82, 2.24) is 5.32 Å². The van der Waals surface area contributed by atoms with E-state index in [0.29, 0.717) is 32.3 Å². The van der Waals surface area contributed by atoms with E-state index in [1.807, 2.05) is 25.1 Å². The third-order valence-corrected chi connectivity index (χ3v) is 7.37. The van der Waals surface area contributed by atoms with E-state index in [-0.39, 0.29) is 18.1 Å². The number of carbonyl (C=O) groups excluding carboxylic acids is 1. The quantitative estimate of drug-likeness (QED) is 0.230. The topological polar surface area (TPSA) is 97.2 Å². The summed E-state index contributed by atoms with van der Waals surface area (Å²) in [6.45, 7) is 2.12. The Morgan fingerprint density at radius 1 is 1.22 bits per heavy atom. The molecule has 0 aliphatic carbocycles. The molecule has 3 aromatic rings. The molecule has 0 bridgehead atoms. The third-order valence-electron chi connectivity index (χ3n) is 5.25. The molecule has 36 heavy (non-hydrogen) atoms. The Balaban J connectivity index is 1.52. The van der Waals surface area contributed by atoms with E-state index >= 15 is 0 Å². The number of amidine groups is 1. The maximum absolute atomic E-state index is 12.6. The van der Waals surface area contributed by atoms with Gasteiger partial charge in [0.1, 0.15) is 6.61 Å². The highest BCUT2D eigenvalue weighted by atomic mass is 127.